The van der Waals surface area contributed by atoms with Crippen LogP contribution in [0.4, 0.5) is 0 Å². The van der Waals surface area contributed by atoms with Crippen LogP contribution >= 0.6 is 11.3 Å². The molecule has 1 heterocycles. The lowest BCUT2D eigenvalue weighted by Crippen LogP contribution is -2.28. The van der Waals surface area contributed by atoms with Gasteiger partial charge in [0.2, 0.25) is 10.0 Å². The lowest BCUT2D eigenvalue weighted by Gasteiger charge is -2.04. The number of unbranched alkanes of at least 4 members (excludes halogenated alkanes) is 1. The molecule has 0 saturated heterocycles. The molecule has 1 aromatic heterocycles. The van der Waals surface area contributed by atoms with Crippen LogP contribution in [0.1, 0.15) is 31.0 Å². The van der Waals surface area contributed by atoms with E-state index in [1.54, 1.807) is 11.3 Å². The molecule has 0 bridgehead atoms. The fourth-order valence-corrected chi connectivity index (χ4v) is 4.15. The minimum Gasteiger partial charge on any atom is -0.241 e. The number of thiazole rings is 1. The summed E-state index contributed by atoms with van der Waals surface area (Å²) in [5.74, 6) is 0.203. The van der Waals surface area contributed by atoms with Gasteiger partial charge >= 0.3 is 0 Å². The maximum atomic E-state index is 11.7. The van der Waals surface area contributed by atoms with Crippen LogP contribution in [0.3, 0.4) is 0 Å². The van der Waals surface area contributed by atoms with Crippen LogP contribution in [0.2, 0.25) is 0 Å². The van der Waals surface area contributed by atoms with Crippen molar-refractivity contribution in [3.8, 4) is 10.6 Å². The second-order valence-electron chi connectivity index (χ2n) is 5.33. The number of nitrogens with zero attached hydrogens (tertiary/aromatic N) is 1. The van der Waals surface area contributed by atoms with E-state index in [2.05, 4.69) is 28.8 Å². The van der Waals surface area contributed by atoms with Gasteiger partial charge in [0.05, 0.1) is 11.4 Å². The summed E-state index contributed by atoms with van der Waals surface area (Å²) in [6.07, 6.45) is 2.20. The van der Waals surface area contributed by atoms with Crippen molar-refractivity contribution in [1.82, 2.24) is 9.71 Å². The normalized spacial score (nSPS) is 11.7. The highest BCUT2D eigenvalue weighted by Gasteiger charge is 2.10. The van der Waals surface area contributed by atoms with Crippen LogP contribution in [-0.2, 0) is 16.4 Å². The van der Waals surface area contributed by atoms with Crippen molar-refractivity contribution in [3.63, 3.8) is 0 Å². The Labute approximate surface area is 136 Å². The molecule has 6 heteroatoms. The van der Waals surface area contributed by atoms with Crippen LogP contribution < -0.4 is 4.72 Å². The Hall–Kier alpha value is -1.24. The molecule has 0 aliphatic heterocycles. The molecule has 22 heavy (non-hydrogen) atoms. The first-order valence-corrected chi connectivity index (χ1v) is 10.0. The van der Waals surface area contributed by atoms with E-state index in [1.807, 2.05) is 24.4 Å². The average Bonchev–Trinajstić information content (AvgIpc) is 2.94. The Morgan fingerprint density at radius 2 is 2.14 bits per heavy atom. The number of hydrogen-bond acceptors (Lipinski definition) is 4. The third kappa shape index (κ3) is 5.19. The number of benzene rings is 1. The molecule has 120 valence electrons. The second kappa shape index (κ2) is 7.85. The van der Waals surface area contributed by atoms with E-state index in [1.165, 1.54) is 5.56 Å². The number of aromatic nitrogens is 1. The zero-order valence-electron chi connectivity index (χ0n) is 13.0. The zero-order chi connectivity index (χ0) is 16.0. The number of rotatable bonds is 8. The van der Waals surface area contributed by atoms with E-state index in [9.17, 15) is 8.42 Å². The van der Waals surface area contributed by atoms with Crippen LogP contribution in [0, 0.1) is 6.92 Å². The summed E-state index contributed by atoms with van der Waals surface area (Å²) >= 11 is 1.59. The fourth-order valence-electron chi connectivity index (χ4n) is 2.07. The summed E-state index contributed by atoms with van der Waals surface area (Å²) in [4.78, 5) is 4.59. The summed E-state index contributed by atoms with van der Waals surface area (Å²) in [5.41, 5.74) is 3.25. The minimum atomic E-state index is -3.14. The van der Waals surface area contributed by atoms with Crippen molar-refractivity contribution in [2.45, 2.75) is 33.1 Å². The fraction of sp³-hybridized carbons (Fsp3) is 0.438. The predicted octanol–water partition coefficient (Wildman–Crippen LogP) is 3.38. The van der Waals surface area contributed by atoms with Gasteiger partial charge < -0.3 is 0 Å². The van der Waals surface area contributed by atoms with Crippen LogP contribution in [0.15, 0.2) is 29.6 Å². The zero-order valence-corrected chi connectivity index (χ0v) is 14.6. The number of aryl methyl sites for hydroxylation is 1. The lowest BCUT2D eigenvalue weighted by atomic mass is 10.1. The van der Waals surface area contributed by atoms with Gasteiger partial charge in [-0.3, -0.25) is 0 Å². The van der Waals surface area contributed by atoms with Gasteiger partial charge in [-0.05, 0) is 19.4 Å². The van der Waals surface area contributed by atoms with Crippen molar-refractivity contribution >= 4 is 21.4 Å². The van der Waals surface area contributed by atoms with E-state index in [4.69, 9.17) is 0 Å². The first kappa shape index (κ1) is 17.1. The van der Waals surface area contributed by atoms with Gasteiger partial charge in [-0.25, -0.2) is 18.1 Å². The van der Waals surface area contributed by atoms with E-state index in [-0.39, 0.29) is 5.75 Å². The SMILES string of the molecule is CCCCS(=O)(=O)NCCc1csc(-c2cccc(C)c2)n1. The van der Waals surface area contributed by atoms with Gasteiger partial charge in [-0.15, -0.1) is 11.3 Å². The smallest absolute Gasteiger partial charge is 0.211 e. The van der Waals surface area contributed by atoms with Gasteiger partial charge in [0.1, 0.15) is 5.01 Å². The second-order valence-corrected chi connectivity index (χ2v) is 8.11. The van der Waals surface area contributed by atoms with E-state index >= 15 is 0 Å². The Balaban J connectivity index is 1.90. The lowest BCUT2D eigenvalue weighted by molar-refractivity contribution is 0.578. The first-order chi connectivity index (χ1) is 10.5. The molecule has 1 aromatic carbocycles. The van der Waals surface area contributed by atoms with Crippen molar-refractivity contribution in [2.75, 3.05) is 12.3 Å². The minimum absolute atomic E-state index is 0.203. The molecule has 0 radical (unpaired) electrons. The van der Waals surface area contributed by atoms with Gasteiger partial charge in [-0.2, -0.15) is 0 Å². The highest BCUT2D eigenvalue weighted by molar-refractivity contribution is 7.89. The Morgan fingerprint density at radius 1 is 1.32 bits per heavy atom. The largest absolute Gasteiger partial charge is 0.241 e. The molecule has 0 spiro atoms. The number of nitrogens with one attached hydrogen (secondary N) is 1. The van der Waals surface area contributed by atoms with Crippen LogP contribution in [0.5, 0.6) is 0 Å². The summed E-state index contributed by atoms with van der Waals surface area (Å²) in [6, 6.07) is 8.23. The van der Waals surface area contributed by atoms with Gasteiger partial charge in [0.15, 0.2) is 0 Å². The molecule has 4 nitrogen and oxygen atoms in total. The van der Waals surface area contributed by atoms with Gasteiger partial charge in [0, 0.05) is 23.9 Å². The molecule has 0 atom stereocenters. The Bertz CT molecular complexity index is 708. The highest BCUT2D eigenvalue weighted by Crippen LogP contribution is 2.24. The number of sulfonamides is 1. The summed E-state index contributed by atoms with van der Waals surface area (Å²) in [5, 5.41) is 2.98. The Kier molecular flexibility index (Phi) is 6.11. The average molecular weight is 338 g/mol. The molecular formula is C16H22N2O2S2. The molecule has 1 N–H and O–H groups in total. The maximum Gasteiger partial charge on any atom is 0.211 e. The van der Waals surface area contributed by atoms with Crippen molar-refractivity contribution in [1.29, 1.82) is 0 Å². The monoisotopic (exact) mass is 338 g/mol. The molecule has 0 aliphatic rings. The number of hydrogen-bond donors (Lipinski definition) is 1. The molecule has 0 fully saturated rings. The summed E-state index contributed by atoms with van der Waals surface area (Å²) in [6.45, 7) is 4.45. The molecule has 0 amide bonds. The third-order valence-corrected chi connectivity index (χ3v) is 5.70. The third-order valence-electron chi connectivity index (χ3n) is 3.29. The molecule has 0 saturated carbocycles. The predicted molar refractivity (Wildman–Crippen MR) is 92.7 cm³/mol. The molecule has 2 rings (SSSR count). The van der Waals surface area contributed by atoms with Gasteiger partial charge in [-0.1, -0.05) is 37.1 Å². The molecule has 0 aliphatic carbocycles. The van der Waals surface area contributed by atoms with E-state index in [0.29, 0.717) is 19.4 Å². The Morgan fingerprint density at radius 3 is 2.86 bits per heavy atom. The van der Waals surface area contributed by atoms with Crippen molar-refractivity contribution < 1.29 is 8.42 Å². The standard InChI is InChI=1S/C16H22N2O2S2/c1-3-4-10-22(19,20)17-9-8-15-12-21-16(18-15)14-7-5-6-13(2)11-14/h5-7,11-12,17H,3-4,8-10H2,1-2H3. The molecule has 2 aromatic rings. The van der Waals surface area contributed by atoms with Crippen molar-refractivity contribution in [3.05, 3.63) is 40.9 Å². The summed E-state index contributed by atoms with van der Waals surface area (Å²) < 4.78 is 26.1. The molecule has 0 unspecified atom stereocenters. The molecular weight excluding hydrogens is 316 g/mol. The highest BCUT2D eigenvalue weighted by atomic mass is 32.2. The quantitative estimate of drug-likeness (QED) is 0.803. The van der Waals surface area contributed by atoms with Crippen molar-refractivity contribution in [2.24, 2.45) is 0 Å². The van der Waals surface area contributed by atoms with Crippen LogP contribution in [-0.4, -0.2) is 25.7 Å². The van der Waals surface area contributed by atoms with E-state index < -0.39 is 10.0 Å². The van der Waals surface area contributed by atoms with Crippen LogP contribution in [0.25, 0.3) is 10.6 Å². The maximum absolute atomic E-state index is 11.7. The van der Waals surface area contributed by atoms with E-state index in [0.717, 1.165) is 22.7 Å². The first-order valence-electron chi connectivity index (χ1n) is 7.49. The topological polar surface area (TPSA) is 59.1 Å². The van der Waals surface area contributed by atoms with Gasteiger partial charge in [0.25, 0.3) is 0 Å². The summed E-state index contributed by atoms with van der Waals surface area (Å²) in [7, 11) is -3.14.